The highest BCUT2D eigenvalue weighted by Crippen LogP contribution is 2.48. The van der Waals surface area contributed by atoms with E-state index in [4.69, 9.17) is 5.11 Å². The first-order valence-corrected chi connectivity index (χ1v) is 10.6. The van der Waals surface area contributed by atoms with Crippen molar-refractivity contribution in [3.63, 3.8) is 0 Å². The van der Waals surface area contributed by atoms with E-state index in [1.54, 1.807) is 17.0 Å². The van der Waals surface area contributed by atoms with Crippen molar-refractivity contribution >= 4 is 35.5 Å². The highest BCUT2D eigenvalue weighted by atomic mass is 32.2. The Labute approximate surface area is 173 Å². The Morgan fingerprint density at radius 1 is 1.21 bits per heavy atom. The molecule has 3 N–H and O–H groups in total. The van der Waals surface area contributed by atoms with E-state index < -0.39 is 35.9 Å². The molecule has 1 fully saturated rings. The van der Waals surface area contributed by atoms with Crippen molar-refractivity contribution < 1.29 is 24.3 Å². The van der Waals surface area contributed by atoms with Crippen molar-refractivity contribution in [3.05, 3.63) is 35.4 Å². The first-order chi connectivity index (χ1) is 13.7. The van der Waals surface area contributed by atoms with E-state index >= 15 is 0 Å². The van der Waals surface area contributed by atoms with Gasteiger partial charge in [0.15, 0.2) is 0 Å². The fourth-order valence-electron chi connectivity index (χ4n) is 3.59. The van der Waals surface area contributed by atoms with E-state index in [0.717, 1.165) is 5.56 Å². The van der Waals surface area contributed by atoms with Crippen LogP contribution in [0.15, 0.2) is 24.3 Å². The number of nitrogens with zero attached hydrogens (tertiary/aromatic N) is 1. The Morgan fingerprint density at radius 2 is 1.90 bits per heavy atom. The van der Waals surface area contributed by atoms with Crippen molar-refractivity contribution in [2.24, 2.45) is 5.92 Å². The second-order valence-electron chi connectivity index (χ2n) is 7.76. The van der Waals surface area contributed by atoms with Crippen molar-refractivity contribution in [2.45, 2.75) is 50.7 Å². The highest BCUT2D eigenvalue weighted by Gasteiger charge is 2.48. The minimum atomic E-state index is -1.15. The van der Waals surface area contributed by atoms with Crippen LogP contribution in [0.2, 0.25) is 0 Å². The fourth-order valence-corrected chi connectivity index (χ4v) is 5.05. The fraction of sp³-hybridized carbons (Fsp3) is 0.500. The number of benzene rings is 1. The van der Waals surface area contributed by atoms with Crippen LogP contribution in [0.4, 0.5) is 0 Å². The lowest BCUT2D eigenvalue weighted by molar-refractivity contribution is -0.141. The summed E-state index contributed by atoms with van der Waals surface area (Å²) in [4.78, 5) is 50.9. The molecule has 3 amide bonds. The molecule has 4 unspecified atom stereocenters. The number of amides is 3. The van der Waals surface area contributed by atoms with Crippen LogP contribution in [-0.2, 0) is 14.4 Å². The highest BCUT2D eigenvalue weighted by molar-refractivity contribution is 7.99. The molecule has 29 heavy (non-hydrogen) atoms. The van der Waals surface area contributed by atoms with Crippen LogP contribution in [0.25, 0.3) is 0 Å². The summed E-state index contributed by atoms with van der Waals surface area (Å²) in [6, 6.07) is 4.72. The van der Waals surface area contributed by atoms with Crippen molar-refractivity contribution in [2.75, 3.05) is 5.75 Å². The first kappa shape index (κ1) is 21.2. The van der Waals surface area contributed by atoms with Crippen LogP contribution < -0.4 is 10.6 Å². The average molecular weight is 420 g/mol. The largest absolute Gasteiger partial charge is 0.480 e. The molecule has 0 saturated carbocycles. The smallest absolute Gasteiger partial charge is 0.325 e. The Kier molecular flexibility index (Phi) is 6.16. The van der Waals surface area contributed by atoms with Crippen molar-refractivity contribution in [1.29, 1.82) is 0 Å². The van der Waals surface area contributed by atoms with Gasteiger partial charge in [-0.05, 0) is 30.9 Å². The van der Waals surface area contributed by atoms with Gasteiger partial charge in [-0.2, -0.15) is 0 Å². The number of carbonyl (C=O) groups excluding carboxylic acids is 3. The maximum atomic E-state index is 13.0. The van der Waals surface area contributed by atoms with E-state index in [-0.39, 0.29) is 17.2 Å². The number of fused-ring (bicyclic) bond motifs is 3. The van der Waals surface area contributed by atoms with Gasteiger partial charge < -0.3 is 20.6 Å². The van der Waals surface area contributed by atoms with E-state index in [9.17, 15) is 19.2 Å². The Balaban J connectivity index is 1.73. The number of nitrogens with one attached hydrogen (secondary N) is 2. The molecule has 0 aromatic heterocycles. The minimum absolute atomic E-state index is 0.106. The van der Waals surface area contributed by atoms with Gasteiger partial charge in [-0.15, -0.1) is 11.8 Å². The summed E-state index contributed by atoms with van der Waals surface area (Å²) >= 11 is 1.53. The van der Waals surface area contributed by atoms with Crippen LogP contribution in [0.5, 0.6) is 0 Å². The van der Waals surface area contributed by atoms with Gasteiger partial charge in [0.1, 0.15) is 23.5 Å². The molecule has 2 heterocycles. The molecule has 3 rings (SSSR count). The Morgan fingerprint density at radius 3 is 2.55 bits per heavy atom. The maximum absolute atomic E-state index is 13.0. The molecule has 0 aliphatic carbocycles. The molecule has 0 spiro atoms. The summed E-state index contributed by atoms with van der Waals surface area (Å²) in [6.45, 7) is 5.19. The average Bonchev–Trinajstić information content (AvgIpc) is 3.21. The topological polar surface area (TPSA) is 116 Å². The van der Waals surface area contributed by atoms with Gasteiger partial charge in [0.25, 0.3) is 5.91 Å². The third-order valence-electron chi connectivity index (χ3n) is 5.06. The van der Waals surface area contributed by atoms with Crippen LogP contribution in [0.1, 0.15) is 48.5 Å². The number of carbonyl (C=O) groups is 4. The number of carboxylic acid groups (broad SMARTS) is 1. The standard InChI is InChI=1S/C20H25N3O5S/c1-10(2)8-14(16(24)21-11(3)20(27)28)22-17(25)15-9-29-19-13-7-5-4-6-12(13)18(26)23(15)19/h4-7,10-11,14-15,19H,8-9H2,1-3H3,(H,21,24)(H,22,25)(H,27,28). The molecule has 1 saturated heterocycles. The number of rotatable bonds is 7. The predicted molar refractivity (Wildman–Crippen MR) is 108 cm³/mol. The molecule has 1 aromatic rings. The summed E-state index contributed by atoms with van der Waals surface area (Å²) in [7, 11) is 0. The van der Waals surface area contributed by atoms with Crippen LogP contribution >= 0.6 is 11.8 Å². The zero-order chi connectivity index (χ0) is 21.3. The molecule has 1 aromatic carbocycles. The molecule has 4 atom stereocenters. The zero-order valence-electron chi connectivity index (χ0n) is 16.5. The van der Waals surface area contributed by atoms with Gasteiger partial charge in [-0.25, -0.2) is 0 Å². The lowest BCUT2D eigenvalue weighted by atomic mass is 10.0. The molecule has 0 bridgehead atoms. The molecule has 8 nitrogen and oxygen atoms in total. The van der Waals surface area contributed by atoms with Gasteiger partial charge >= 0.3 is 5.97 Å². The van der Waals surface area contributed by atoms with Crippen LogP contribution in [0.3, 0.4) is 0 Å². The summed E-state index contributed by atoms with van der Waals surface area (Å²) in [6.07, 6.45) is 0.362. The third-order valence-corrected chi connectivity index (χ3v) is 6.37. The maximum Gasteiger partial charge on any atom is 0.325 e. The number of hydrogen-bond acceptors (Lipinski definition) is 5. The van der Waals surface area contributed by atoms with Gasteiger partial charge in [0.2, 0.25) is 11.8 Å². The molecular formula is C20H25N3O5S. The van der Waals surface area contributed by atoms with Crippen molar-refractivity contribution in [3.8, 4) is 0 Å². The second kappa shape index (κ2) is 8.44. The monoisotopic (exact) mass is 419 g/mol. The molecule has 2 aliphatic rings. The van der Waals surface area contributed by atoms with Gasteiger partial charge in [-0.3, -0.25) is 19.2 Å². The number of carboxylic acids is 1. The van der Waals surface area contributed by atoms with E-state index in [1.807, 2.05) is 26.0 Å². The molecular weight excluding hydrogens is 394 g/mol. The number of hydrogen-bond donors (Lipinski definition) is 3. The normalized spacial score (nSPS) is 22.1. The molecule has 156 valence electrons. The van der Waals surface area contributed by atoms with Gasteiger partial charge in [0, 0.05) is 11.3 Å². The van der Waals surface area contributed by atoms with Crippen molar-refractivity contribution in [1.82, 2.24) is 15.5 Å². The summed E-state index contributed by atoms with van der Waals surface area (Å²) < 4.78 is 0. The van der Waals surface area contributed by atoms with E-state index in [1.165, 1.54) is 18.7 Å². The Bertz CT molecular complexity index is 843. The summed E-state index contributed by atoms with van der Waals surface area (Å²) in [5.74, 6) is -1.72. The third kappa shape index (κ3) is 4.24. The molecule has 9 heteroatoms. The van der Waals surface area contributed by atoms with Crippen LogP contribution in [-0.4, -0.2) is 57.6 Å². The van der Waals surface area contributed by atoms with E-state index in [2.05, 4.69) is 10.6 Å². The van der Waals surface area contributed by atoms with Gasteiger partial charge in [-0.1, -0.05) is 32.0 Å². The number of aliphatic carboxylic acids is 1. The number of thioether (sulfide) groups is 1. The summed E-state index contributed by atoms with van der Waals surface area (Å²) in [5.41, 5.74) is 1.51. The Hall–Kier alpha value is -2.55. The molecule has 2 aliphatic heterocycles. The summed E-state index contributed by atoms with van der Waals surface area (Å²) in [5, 5.41) is 14.0. The zero-order valence-corrected chi connectivity index (χ0v) is 17.4. The van der Waals surface area contributed by atoms with Gasteiger partial charge in [0.05, 0.1) is 0 Å². The first-order valence-electron chi connectivity index (χ1n) is 9.57. The van der Waals surface area contributed by atoms with Crippen LogP contribution in [0, 0.1) is 5.92 Å². The predicted octanol–water partition coefficient (Wildman–Crippen LogP) is 1.38. The van der Waals surface area contributed by atoms with E-state index in [0.29, 0.717) is 17.7 Å². The lowest BCUT2D eigenvalue weighted by Gasteiger charge is -2.26. The SMILES string of the molecule is CC(C)CC(NC(=O)C1CSC2c3ccccc3C(=O)N12)C(=O)NC(C)C(=O)O. The molecule has 0 radical (unpaired) electrons. The lowest BCUT2D eigenvalue weighted by Crippen LogP contribution is -2.55. The second-order valence-corrected chi connectivity index (χ2v) is 8.87. The minimum Gasteiger partial charge on any atom is -0.480 e. The quantitative estimate of drug-likeness (QED) is 0.615.